The Balaban J connectivity index is 1.62. The fourth-order valence-electron chi connectivity index (χ4n) is 3.69. The molecule has 5 nitrogen and oxygen atoms in total. The number of hydrogen-bond acceptors (Lipinski definition) is 3. The number of benzene rings is 1. The maximum atomic E-state index is 12.5. The lowest BCUT2D eigenvalue weighted by atomic mass is 9.85. The van der Waals surface area contributed by atoms with E-state index in [1.807, 2.05) is 18.2 Å². The minimum absolute atomic E-state index is 0.0361. The van der Waals surface area contributed by atoms with Crippen LogP contribution in [0.15, 0.2) is 47.3 Å². The molecule has 1 aromatic carbocycles. The highest BCUT2D eigenvalue weighted by Crippen LogP contribution is 2.27. The summed E-state index contributed by atoms with van der Waals surface area (Å²) in [5, 5.41) is 12.6. The van der Waals surface area contributed by atoms with Crippen molar-refractivity contribution in [2.24, 2.45) is 5.92 Å². The fourth-order valence-corrected chi connectivity index (χ4v) is 3.69. The van der Waals surface area contributed by atoms with Crippen molar-refractivity contribution in [1.29, 1.82) is 0 Å². The Morgan fingerprint density at radius 2 is 1.85 bits per heavy atom. The molecule has 0 bridgehead atoms. The van der Waals surface area contributed by atoms with Crippen LogP contribution in [0.3, 0.4) is 0 Å². The lowest BCUT2D eigenvalue weighted by molar-refractivity contribution is 0.0902. The zero-order valence-electron chi connectivity index (χ0n) is 14.9. The lowest BCUT2D eigenvalue weighted by Crippen LogP contribution is -2.39. The van der Waals surface area contributed by atoms with Crippen LogP contribution in [0.5, 0.6) is 0 Å². The first-order valence-electron chi connectivity index (χ1n) is 9.37. The number of amides is 1. The number of pyridine rings is 1. The number of aromatic amines is 1. The van der Waals surface area contributed by atoms with Gasteiger partial charge in [-0.2, -0.15) is 0 Å². The highest BCUT2D eigenvalue weighted by atomic mass is 16.3. The predicted octanol–water partition coefficient (Wildman–Crippen LogP) is 3.10. The van der Waals surface area contributed by atoms with Crippen LogP contribution in [0.4, 0.5) is 0 Å². The molecule has 1 fully saturated rings. The molecule has 0 unspecified atom stereocenters. The van der Waals surface area contributed by atoms with Gasteiger partial charge in [0.15, 0.2) is 0 Å². The van der Waals surface area contributed by atoms with E-state index in [2.05, 4.69) is 10.3 Å². The first kappa shape index (κ1) is 18.4. The highest BCUT2D eigenvalue weighted by molar-refractivity contribution is 5.94. The van der Waals surface area contributed by atoms with Gasteiger partial charge < -0.3 is 15.4 Å². The maximum absolute atomic E-state index is 12.5. The Morgan fingerprint density at radius 1 is 1.12 bits per heavy atom. The molecule has 1 aromatic heterocycles. The van der Waals surface area contributed by atoms with E-state index < -0.39 is 0 Å². The standard InChI is InChI=1S/C21H26N2O3/c24-14-18(13-15-5-2-1-3-6-15)22-21(26)17-11-9-16(10-12-17)19-7-4-8-20(25)23-19/h4,7-12,15,18,24H,1-3,5-6,13-14H2,(H,22,26)(H,23,25)/t18-/m0/s1. The molecular formula is C21H26N2O3. The van der Waals surface area contributed by atoms with Crippen LogP contribution in [-0.4, -0.2) is 28.6 Å². The second-order valence-corrected chi connectivity index (χ2v) is 7.10. The molecule has 1 saturated carbocycles. The molecule has 26 heavy (non-hydrogen) atoms. The molecule has 1 aliphatic rings. The summed E-state index contributed by atoms with van der Waals surface area (Å²) in [5.74, 6) is 0.423. The van der Waals surface area contributed by atoms with E-state index in [1.165, 1.54) is 38.2 Å². The minimum atomic E-state index is -0.198. The molecule has 5 heteroatoms. The van der Waals surface area contributed by atoms with Crippen molar-refractivity contribution in [3.05, 3.63) is 58.4 Å². The Hall–Kier alpha value is -2.40. The minimum Gasteiger partial charge on any atom is -0.394 e. The summed E-state index contributed by atoms with van der Waals surface area (Å²) < 4.78 is 0. The van der Waals surface area contributed by atoms with Gasteiger partial charge in [-0.25, -0.2) is 0 Å². The number of aromatic nitrogens is 1. The van der Waals surface area contributed by atoms with Gasteiger partial charge in [0, 0.05) is 17.3 Å². The van der Waals surface area contributed by atoms with Gasteiger partial charge in [-0.3, -0.25) is 9.59 Å². The molecule has 3 N–H and O–H groups in total. The van der Waals surface area contributed by atoms with Crippen molar-refractivity contribution < 1.29 is 9.90 Å². The average molecular weight is 354 g/mol. The third-order valence-electron chi connectivity index (χ3n) is 5.12. The third-order valence-corrected chi connectivity index (χ3v) is 5.12. The Bertz CT molecular complexity index is 776. The van der Waals surface area contributed by atoms with Crippen molar-refractivity contribution in [3.63, 3.8) is 0 Å². The molecule has 1 heterocycles. The topological polar surface area (TPSA) is 82.2 Å². The maximum Gasteiger partial charge on any atom is 0.251 e. The van der Waals surface area contributed by atoms with E-state index >= 15 is 0 Å². The van der Waals surface area contributed by atoms with Crippen molar-refractivity contribution in [3.8, 4) is 11.3 Å². The summed E-state index contributed by atoms with van der Waals surface area (Å²) in [6, 6.07) is 11.9. The molecule has 1 amide bonds. The summed E-state index contributed by atoms with van der Waals surface area (Å²) in [6.45, 7) is -0.0361. The highest BCUT2D eigenvalue weighted by Gasteiger charge is 2.20. The van der Waals surface area contributed by atoms with E-state index in [9.17, 15) is 14.7 Å². The predicted molar refractivity (Wildman–Crippen MR) is 102 cm³/mol. The summed E-state index contributed by atoms with van der Waals surface area (Å²) in [6.07, 6.45) is 7.02. The summed E-state index contributed by atoms with van der Waals surface area (Å²) >= 11 is 0. The van der Waals surface area contributed by atoms with E-state index in [0.29, 0.717) is 11.5 Å². The number of carbonyl (C=O) groups excluding carboxylic acids is 1. The van der Waals surface area contributed by atoms with E-state index in [1.54, 1.807) is 18.2 Å². The SMILES string of the molecule is O=C(N[C@H](CO)CC1CCCCC1)c1ccc(-c2cccc(=O)[nH]2)cc1. The van der Waals surface area contributed by atoms with Gasteiger partial charge in [0.05, 0.1) is 12.6 Å². The second kappa shape index (κ2) is 8.81. The zero-order valence-corrected chi connectivity index (χ0v) is 14.9. The van der Waals surface area contributed by atoms with Crippen LogP contribution in [0.2, 0.25) is 0 Å². The monoisotopic (exact) mass is 354 g/mol. The van der Waals surface area contributed by atoms with Crippen LogP contribution in [0.1, 0.15) is 48.9 Å². The zero-order chi connectivity index (χ0) is 18.4. The summed E-state index contributed by atoms with van der Waals surface area (Å²) in [5.41, 5.74) is 1.96. The number of aliphatic hydroxyl groups excluding tert-OH is 1. The first-order valence-corrected chi connectivity index (χ1v) is 9.37. The number of nitrogens with one attached hydrogen (secondary N) is 2. The van der Waals surface area contributed by atoms with Gasteiger partial charge in [-0.15, -0.1) is 0 Å². The Kier molecular flexibility index (Phi) is 6.23. The van der Waals surface area contributed by atoms with Crippen LogP contribution in [0.25, 0.3) is 11.3 Å². The lowest BCUT2D eigenvalue weighted by Gasteiger charge is -2.26. The van der Waals surface area contributed by atoms with Crippen molar-refractivity contribution in [1.82, 2.24) is 10.3 Å². The molecule has 0 aliphatic heterocycles. The van der Waals surface area contributed by atoms with Gasteiger partial charge in [-0.1, -0.05) is 50.3 Å². The Labute approximate surface area is 153 Å². The largest absolute Gasteiger partial charge is 0.394 e. The average Bonchev–Trinajstić information content (AvgIpc) is 2.68. The van der Waals surface area contributed by atoms with Gasteiger partial charge in [-0.05, 0) is 36.1 Å². The van der Waals surface area contributed by atoms with Gasteiger partial charge in [0.25, 0.3) is 5.91 Å². The van der Waals surface area contributed by atoms with Gasteiger partial charge >= 0.3 is 0 Å². The number of hydrogen-bond donors (Lipinski definition) is 3. The van der Waals surface area contributed by atoms with Crippen LogP contribution < -0.4 is 10.9 Å². The van der Waals surface area contributed by atoms with Crippen molar-refractivity contribution >= 4 is 5.91 Å². The number of rotatable bonds is 6. The van der Waals surface area contributed by atoms with E-state index in [0.717, 1.165) is 17.7 Å². The molecule has 0 spiro atoms. The van der Waals surface area contributed by atoms with Crippen LogP contribution in [0, 0.1) is 5.92 Å². The third kappa shape index (κ3) is 4.82. The number of aliphatic hydroxyl groups is 1. The van der Waals surface area contributed by atoms with E-state index in [-0.39, 0.29) is 24.1 Å². The molecular weight excluding hydrogens is 328 g/mol. The smallest absolute Gasteiger partial charge is 0.251 e. The molecule has 1 atom stereocenters. The Morgan fingerprint density at radius 3 is 2.50 bits per heavy atom. The van der Waals surface area contributed by atoms with Gasteiger partial charge in [0.1, 0.15) is 0 Å². The quantitative estimate of drug-likeness (QED) is 0.745. The molecule has 0 radical (unpaired) electrons. The number of H-pyrrole nitrogens is 1. The van der Waals surface area contributed by atoms with Crippen LogP contribution in [-0.2, 0) is 0 Å². The van der Waals surface area contributed by atoms with Gasteiger partial charge in [0.2, 0.25) is 5.56 Å². The normalized spacial score (nSPS) is 16.2. The molecule has 3 rings (SSSR count). The van der Waals surface area contributed by atoms with Crippen LogP contribution >= 0.6 is 0 Å². The molecule has 138 valence electrons. The molecule has 2 aromatic rings. The van der Waals surface area contributed by atoms with Crippen molar-refractivity contribution in [2.45, 2.75) is 44.6 Å². The number of carbonyl (C=O) groups is 1. The summed E-state index contributed by atoms with van der Waals surface area (Å²) in [4.78, 5) is 26.7. The first-order chi connectivity index (χ1) is 12.7. The summed E-state index contributed by atoms with van der Waals surface area (Å²) in [7, 11) is 0. The molecule has 1 aliphatic carbocycles. The second-order valence-electron chi connectivity index (χ2n) is 7.10. The molecule has 0 saturated heterocycles. The van der Waals surface area contributed by atoms with E-state index in [4.69, 9.17) is 0 Å². The fraction of sp³-hybridized carbons (Fsp3) is 0.429. The van der Waals surface area contributed by atoms with Crippen molar-refractivity contribution in [2.75, 3.05) is 6.61 Å².